The number of aromatic amines is 1. The smallest absolute Gasteiger partial charge is 0.316 e. The van der Waals surface area contributed by atoms with Crippen LogP contribution in [0.4, 0.5) is 23.7 Å². The van der Waals surface area contributed by atoms with Gasteiger partial charge in [0, 0.05) is 96.7 Å². The molecule has 446 valence electrons. The molecule has 7 heterocycles. The second-order valence-electron chi connectivity index (χ2n) is 20.4. The van der Waals surface area contributed by atoms with Crippen molar-refractivity contribution in [1.82, 2.24) is 49.5 Å². The molecule has 0 aliphatic carbocycles. The summed E-state index contributed by atoms with van der Waals surface area (Å²) in [6.45, 7) is 14.9. The first-order chi connectivity index (χ1) is 38.9. The molecule has 8 N–H and O–H groups in total. The van der Waals surface area contributed by atoms with Crippen molar-refractivity contribution < 1.29 is 15.8 Å². The molecule has 1 fully saturated rings. The summed E-state index contributed by atoms with van der Waals surface area (Å²) in [5.74, 6) is 0.791. The Balaban J connectivity index is 0.000000237. The van der Waals surface area contributed by atoms with Crippen molar-refractivity contribution in [3.63, 3.8) is 0 Å². The van der Waals surface area contributed by atoms with Crippen LogP contribution in [0.15, 0.2) is 126 Å². The highest BCUT2D eigenvalue weighted by atomic mass is 127. The van der Waals surface area contributed by atoms with Gasteiger partial charge in [-0.05, 0) is 61.3 Å². The number of carbonyl (C=O) groups excluding carboxylic acids is 2. The summed E-state index contributed by atoms with van der Waals surface area (Å²) in [7, 11) is 0. The highest BCUT2D eigenvalue weighted by Crippen LogP contribution is 2.27. The third kappa shape index (κ3) is 20.3. The van der Waals surface area contributed by atoms with Crippen LogP contribution in [-0.4, -0.2) is 107 Å². The lowest BCUT2D eigenvalue weighted by Crippen LogP contribution is -2.43. The number of fused-ring (bicyclic) bond motifs is 3. The molecule has 0 bridgehead atoms. The minimum atomic E-state index is -0.563. The van der Waals surface area contributed by atoms with E-state index in [0.717, 1.165) is 132 Å². The first-order valence-electron chi connectivity index (χ1n) is 27.7. The van der Waals surface area contributed by atoms with Crippen LogP contribution in [-0.2, 0) is 79.4 Å². The molecule has 4 aliphatic heterocycles. The van der Waals surface area contributed by atoms with Gasteiger partial charge in [-0.15, -0.1) is 36.4 Å². The fourth-order valence-electron chi connectivity index (χ4n) is 10.3. The molecule has 18 nitrogen and oxygen atoms in total. The monoisotopic (exact) mass is 1280 g/mol. The standard InChI is InChI=1S/C18H25N5.C15H19NO3.C14H15ClN4.C14H16N4O.CH4.ClH.HI.H2/c1-2-3-10-20-17-15-9-11-23(12-14-7-5-4-6-8-14)13-16(15)21-18(19)22-17;1-2-19-15(18)13-8-9-16(11-14(13)17)10-12-6-4-3-5-7-12;15-13-11-6-7-19(8-10-4-2-1-3-5-10)9-12(11)17-14(16)18-13;15-14-16-12-9-18(7-6-11(12)13(19)17-14)8-10-4-2-1-3-5-10;;;;/h4-8H,2-3,9-13H2,1H3,(H3,19,20,21,22);3-7,13H,2,8-11H2,1H3;1-5H,6-9H2,(H2,16,17,18);1-5H,6-9H2,(H3,15,16,17,19);1H4;3*1H. The summed E-state index contributed by atoms with van der Waals surface area (Å²) < 4.78 is 4.93. The molecule has 0 amide bonds. The first kappa shape index (κ1) is 67.2. The molecule has 83 heavy (non-hydrogen) atoms. The van der Waals surface area contributed by atoms with E-state index in [-0.39, 0.29) is 74.4 Å². The first-order valence-corrected chi connectivity index (χ1v) is 28.1. The number of hydrogen-bond acceptors (Lipinski definition) is 17. The summed E-state index contributed by atoms with van der Waals surface area (Å²) >= 11 is 6.11. The highest BCUT2D eigenvalue weighted by Gasteiger charge is 2.33. The van der Waals surface area contributed by atoms with Gasteiger partial charge in [-0.1, -0.05) is 154 Å². The highest BCUT2D eigenvalue weighted by molar-refractivity contribution is 14.0. The minimum Gasteiger partial charge on any atom is -0.465 e. The van der Waals surface area contributed by atoms with E-state index in [2.05, 4.69) is 128 Å². The van der Waals surface area contributed by atoms with Crippen molar-refractivity contribution in [1.29, 1.82) is 0 Å². The Bertz CT molecular complexity index is 3180. The molecular weight excluding hydrogens is 1200 g/mol. The zero-order valence-electron chi connectivity index (χ0n) is 46.9. The van der Waals surface area contributed by atoms with Gasteiger partial charge in [-0.25, -0.2) is 19.9 Å². The number of nitrogen functional groups attached to an aromatic ring is 3. The topological polar surface area (TPSA) is 244 Å². The van der Waals surface area contributed by atoms with E-state index in [1.807, 2.05) is 54.6 Å². The van der Waals surface area contributed by atoms with E-state index in [9.17, 15) is 14.4 Å². The Morgan fingerprint density at radius 1 is 0.614 bits per heavy atom. The normalized spacial score (nSPS) is 15.6. The van der Waals surface area contributed by atoms with E-state index in [1.54, 1.807) is 6.92 Å². The zero-order chi connectivity index (χ0) is 56.2. The summed E-state index contributed by atoms with van der Waals surface area (Å²) in [6, 6.07) is 41.3. The molecule has 1 atom stereocenters. The van der Waals surface area contributed by atoms with E-state index >= 15 is 0 Å². The summed E-state index contributed by atoms with van der Waals surface area (Å²) in [5.41, 5.74) is 28.0. The fraction of sp³-hybridized carbons (Fsp3) is 0.387. The molecule has 4 aliphatic rings. The zero-order valence-corrected chi connectivity index (χ0v) is 50.8. The lowest BCUT2D eigenvalue weighted by molar-refractivity contribution is -0.153. The Morgan fingerprint density at radius 3 is 1.49 bits per heavy atom. The van der Waals surface area contributed by atoms with Crippen molar-refractivity contribution in [2.45, 2.75) is 106 Å². The van der Waals surface area contributed by atoms with Gasteiger partial charge in [0.1, 0.15) is 16.9 Å². The molecule has 4 aromatic carbocycles. The van der Waals surface area contributed by atoms with Crippen LogP contribution in [0.2, 0.25) is 5.15 Å². The number of rotatable bonds is 14. The van der Waals surface area contributed by atoms with Crippen LogP contribution in [0.5, 0.6) is 0 Å². The molecule has 0 spiro atoms. The number of hydrogen-bond donors (Lipinski definition) is 5. The maximum Gasteiger partial charge on any atom is 0.316 e. The number of ether oxygens (including phenoxy) is 1. The number of nitrogens with one attached hydrogen (secondary N) is 2. The molecule has 3 aromatic heterocycles. The Labute approximate surface area is 518 Å². The maximum absolute atomic E-state index is 12.0. The average molecular weight is 1290 g/mol. The van der Waals surface area contributed by atoms with Crippen molar-refractivity contribution in [3.05, 3.63) is 193 Å². The van der Waals surface area contributed by atoms with Gasteiger partial charge < -0.3 is 27.3 Å². The van der Waals surface area contributed by atoms with Gasteiger partial charge in [0.25, 0.3) is 5.56 Å². The summed E-state index contributed by atoms with van der Waals surface area (Å²) in [5, 5.41) is 3.93. The second-order valence-corrected chi connectivity index (χ2v) is 20.8. The number of halogens is 3. The van der Waals surface area contributed by atoms with Gasteiger partial charge in [0.2, 0.25) is 17.8 Å². The molecule has 7 aromatic rings. The van der Waals surface area contributed by atoms with E-state index in [4.69, 9.17) is 33.5 Å². The second kappa shape index (κ2) is 34.3. The number of piperidine rings is 1. The van der Waals surface area contributed by atoms with Crippen molar-refractivity contribution >= 4 is 83.4 Å². The Kier molecular flexibility index (Phi) is 27.7. The van der Waals surface area contributed by atoms with Gasteiger partial charge in [0.15, 0.2) is 5.78 Å². The lowest BCUT2D eigenvalue weighted by atomic mass is 9.95. The van der Waals surface area contributed by atoms with Gasteiger partial charge in [0.05, 0.1) is 30.2 Å². The van der Waals surface area contributed by atoms with Crippen LogP contribution in [0.25, 0.3) is 0 Å². The quantitative estimate of drug-likeness (QED) is 0.0224. The number of anilines is 4. The Hall–Kier alpha value is -6.59. The molecule has 1 saturated heterocycles. The number of nitrogens with zero attached hydrogens (tertiary/aromatic N) is 9. The number of nitrogens with two attached hydrogens (primary N) is 3. The SMILES string of the molecule is C.CCCCNc1nc(N)nc2c1CCN(Cc1ccccc1)C2.CCOC(=O)C1CCN(Cc2ccccc2)CC1=O.Cl.I.Nc1nc(Cl)c2c(n1)CN(Cc1ccccc1)CC2.Nc1nc2c(c(=O)[nH]1)CCN(Cc1ccccc1)C2.[HH]. The predicted octanol–water partition coefficient (Wildman–Crippen LogP) is 9.57. The van der Waals surface area contributed by atoms with Gasteiger partial charge in [-0.3, -0.25) is 39.0 Å². The molecule has 0 radical (unpaired) electrons. The molecule has 21 heteroatoms. The minimum absolute atomic E-state index is 0. The van der Waals surface area contributed by atoms with Crippen LogP contribution >= 0.6 is 48.0 Å². The fourth-order valence-corrected chi connectivity index (χ4v) is 10.6. The lowest BCUT2D eigenvalue weighted by Gasteiger charge is -2.29. The maximum atomic E-state index is 12.0. The number of aromatic nitrogens is 6. The van der Waals surface area contributed by atoms with E-state index in [1.165, 1.54) is 34.2 Å². The summed E-state index contributed by atoms with van der Waals surface area (Å²) in [4.78, 5) is 68.5. The number of H-pyrrole nitrogens is 1. The van der Waals surface area contributed by atoms with Crippen LogP contribution in [0.1, 0.15) is 98.0 Å². The van der Waals surface area contributed by atoms with Crippen molar-refractivity contribution in [3.8, 4) is 0 Å². The number of esters is 1. The third-order valence-corrected chi connectivity index (χ3v) is 14.6. The Morgan fingerprint density at radius 2 is 1.04 bits per heavy atom. The van der Waals surface area contributed by atoms with Crippen LogP contribution in [0.3, 0.4) is 0 Å². The van der Waals surface area contributed by atoms with Crippen molar-refractivity contribution in [2.24, 2.45) is 5.92 Å². The number of likely N-dealkylation sites (tertiary alicyclic amines) is 1. The number of carbonyl (C=O) groups is 2. The van der Waals surface area contributed by atoms with Gasteiger partial charge in [-0.2, -0.15) is 4.98 Å². The largest absolute Gasteiger partial charge is 0.465 e. The number of ketones is 1. The molecule has 1 unspecified atom stereocenters. The van der Waals surface area contributed by atoms with E-state index < -0.39 is 5.92 Å². The van der Waals surface area contributed by atoms with Crippen LogP contribution < -0.4 is 28.1 Å². The number of benzene rings is 4. The molecular formula is C62H83Cl2IN14O4. The third-order valence-electron chi connectivity index (χ3n) is 14.3. The predicted molar refractivity (Wildman–Crippen MR) is 346 cm³/mol. The number of Topliss-reactive ketones (excluding diaryl/α,β-unsaturated/α-hetero) is 1. The summed E-state index contributed by atoms with van der Waals surface area (Å²) in [6.07, 6.45) is 5.44. The van der Waals surface area contributed by atoms with Gasteiger partial charge >= 0.3 is 5.97 Å². The van der Waals surface area contributed by atoms with E-state index in [0.29, 0.717) is 37.2 Å². The molecule has 0 saturated carbocycles. The average Bonchev–Trinajstić information content (AvgIpc) is 3.29. The van der Waals surface area contributed by atoms with Crippen molar-refractivity contribution in [2.75, 3.05) is 68.4 Å². The van der Waals surface area contributed by atoms with Crippen LogP contribution in [0, 0.1) is 5.92 Å². The number of unbranched alkanes of at least 4 members (excludes halogenated alkanes) is 1. The molecule has 11 rings (SSSR count).